The zero-order valence-corrected chi connectivity index (χ0v) is 15.9. The topological polar surface area (TPSA) is 114 Å². The molecule has 0 fully saturated rings. The maximum absolute atomic E-state index is 11.6. The summed E-state index contributed by atoms with van der Waals surface area (Å²) >= 11 is 9.27. The van der Waals surface area contributed by atoms with Gasteiger partial charge >= 0.3 is 6.09 Å². The van der Waals surface area contributed by atoms with E-state index in [0.29, 0.717) is 29.1 Å². The minimum atomic E-state index is -0.678. The molecule has 2 N–H and O–H groups in total. The van der Waals surface area contributed by atoms with Crippen LogP contribution in [0, 0.1) is 4.77 Å². The molecule has 0 aliphatic heterocycles. The molecular weight excluding hydrogens is 366 g/mol. The minimum absolute atomic E-state index is 0.256. The van der Waals surface area contributed by atoms with Gasteiger partial charge in [-0.3, -0.25) is 14.3 Å². The molecule has 1 amide bonds. The Labute approximate surface area is 154 Å². The number of ether oxygens (including phenoxy) is 2. The number of carbonyl (C=O) groups excluding carboxylic acids is 1. The summed E-state index contributed by atoms with van der Waals surface area (Å²) < 4.78 is 11.8. The molecule has 25 heavy (non-hydrogen) atoms. The second kappa shape index (κ2) is 9.33. The van der Waals surface area contributed by atoms with Crippen LogP contribution in [0.1, 0.15) is 20.8 Å². The van der Waals surface area contributed by atoms with Crippen molar-refractivity contribution >= 4 is 46.9 Å². The van der Waals surface area contributed by atoms with Crippen LogP contribution in [-0.2, 0) is 16.0 Å². The van der Waals surface area contributed by atoms with E-state index in [0.717, 1.165) is 0 Å². The van der Waals surface area contributed by atoms with E-state index in [1.165, 1.54) is 6.33 Å². The van der Waals surface area contributed by atoms with E-state index in [-0.39, 0.29) is 11.2 Å². The van der Waals surface area contributed by atoms with Crippen LogP contribution >= 0.6 is 24.4 Å². The number of fused-ring (bicyclic) bond motifs is 1. The second-order valence-corrected chi connectivity index (χ2v) is 5.88. The van der Waals surface area contributed by atoms with Gasteiger partial charge in [0.25, 0.3) is 5.56 Å². The fourth-order valence-electron chi connectivity index (χ4n) is 1.77. The summed E-state index contributed by atoms with van der Waals surface area (Å²) in [6, 6.07) is 0. The number of carbonyl (C=O) groups is 1. The molecule has 2 aromatic heterocycles. The third-order valence-corrected chi connectivity index (χ3v) is 3.48. The maximum Gasteiger partial charge on any atom is 0.442 e. The van der Waals surface area contributed by atoms with Crippen LogP contribution in [0.15, 0.2) is 16.1 Å². The van der Waals surface area contributed by atoms with E-state index in [1.807, 2.05) is 19.0 Å². The highest BCUT2D eigenvalue weighted by atomic mass is 32.1. The number of imidazole rings is 1. The molecule has 2 rings (SSSR count). The van der Waals surface area contributed by atoms with E-state index in [4.69, 9.17) is 17.0 Å². The quantitative estimate of drug-likeness (QED) is 0.614. The first-order chi connectivity index (χ1) is 11.8. The van der Waals surface area contributed by atoms with Crippen LogP contribution in [0.2, 0.25) is 0 Å². The van der Waals surface area contributed by atoms with Crippen LogP contribution in [0.25, 0.3) is 11.2 Å². The molecule has 2 heterocycles. The Morgan fingerprint density at radius 1 is 1.52 bits per heavy atom. The van der Waals surface area contributed by atoms with Crippen molar-refractivity contribution in [3.05, 3.63) is 21.5 Å². The first-order valence-corrected chi connectivity index (χ1v) is 8.03. The van der Waals surface area contributed by atoms with E-state index >= 15 is 0 Å². The van der Waals surface area contributed by atoms with Gasteiger partial charge in [-0.05, 0) is 45.2 Å². The van der Waals surface area contributed by atoms with Gasteiger partial charge in [-0.15, -0.1) is 4.99 Å². The second-order valence-electron chi connectivity index (χ2n) is 5.31. The number of aromatic amines is 2. The summed E-state index contributed by atoms with van der Waals surface area (Å²) in [6.07, 6.45) is 0.799. The Morgan fingerprint density at radius 3 is 2.76 bits per heavy atom. The van der Waals surface area contributed by atoms with Gasteiger partial charge in [-0.25, -0.2) is 9.78 Å². The predicted octanol–water partition coefficient (Wildman–Crippen LogP) is 2.45. The molecule has 2 aromatic rings. The van der Waals surface area contributed by atoms with Gasteiger partial charge in [0, 0.05) is 7.11 Å². The normalized spacial score (nSPS) is 10.6. The molecule has 0 saturated heterocycles. The van der Waals surface area contributed by atoms with E-state index < -0.39 is 6.09 Å². The lowest BCUT2D eigenvalue weighted by molar-refractivity contribution is 0.00839. The van der Waals surface area contributed by atoms with Crippen molar-refractivity contribution in [2.24, 2.45) is 4.99 Å². The number of nitrogens with one attached hydrogen (secondary N) is 2. The molecule has 0 saturated carbocycles. The fourth-order valence-corrected chi connectivity index (χ4v) is 2.09. The fraction of sp³-hybridized carbons (Fsp3) is 0.500. The van der Waals surface area contributed by atoms with Crippen molar-refractivity contribution in [2.75, 3.05) is 13.7 Å². The number of methoxy groups -OCH3 is 1. The molecule has 0 aromatic carbocycles. The van der Waals surface area contributed by atoms with E-state index in [2.05, 4.69) is 36.9 Å². The highest BCUT2D eigenvalue weighted by Gasteiger charge is 2.19. The zero-order chi connectivity index (χ0) is 19.0. The molecular formula is C14H19N5O4S2. The number of aliphatic imine (C=N–C) groups is 1. The summed E-state index contributed by atoms with van der Waals surface area (Å²) in [5.41, 5.74) is 0.325. The van der Waals surface area contributed by atoms with Gasteiger partial charge in [-0.1, -0.05) is 0 Å². The van der Waals surface area contributed by atoms with Gasteiger partial charge in [0.05, 0.1) is 30.2 Å². The Hall–Kier alpha value is -2.20. The minimum Gasteiger partial charge on any atom is -0.448 e. The average molecular weight is 385 g/mol. The number of H-pyrrole nitrogens is 2. The maximum atomic E-state index is 11.6. The highest BCUT2D eigenvalue weighted by Crippen LogP contribution is 2.14. The van der Waals surface area contributed by atoms with Crippen molar-refractivity contribution in [2.45, 2.75) is 32.9 Å². The number of hydrogen-bond acceptors (Lipinski definition) is 7. The molecule has 0 radical (unpaired) electrons. The number of rotatable bonds is 4. The molecule has 11 heteroatoms. The predicted molar refractivity (Wildman–Crippen MR) is 98.7 cm³/mol. The highest BCUT2D eigenvalue weighted by molar-refractivity contribution is 7.78. The lowest BCUT2D eigenvalue weighted by atomic mass is 10.1. The summed E-state index contributed by atoms with van der Waals surface area (Å²) in [4.78, 5) is 34.3. The number of amides is 1. The Balaban J connectivity index is 0.000000333. The smallest absolute Gasteiger partial charge is 0.442 e. The van der Waals surface area contributed by atoms with Crippen molar-refractivity contribution in [1.82, 2.24) is 19.5 Å². The van der Waals surface area contributed by atoms with E-state index in [1.54, 1.807) is 18.6 Å². The van der Waals surface area contributed by atoms with Gasteiger partial charge in [-0.2, -0.15) is 0 Å². The number of aromatic nitrogens is 4. The monoisotopic (exact) mass is 385 g/mol. The number of thiocarbonyl (C=S) groups is 1. The molecule has 0 atom stereocenters. The molecule has 136 valence electrons. The van der Waals surface area contributed by atoms with Crippen LogP contribution in [0.5, 0.6) is 0 Å². The first kappa shape index (κ1) is 20.8. The largest absolute Gasteiger partial charge is 0.448 e. The number of hydrogen-bond donors (Lipinski definition) is 2. The van der Waals surface area contributed by atoms with Crippen molar-refractivity contribution in [3.8, 4) is 0 Å². The molecule has 0 bridgehead atoms. The summed E-state index contributed by atoms with van der Waals surface area (Å²) in [7, 11) is 1.64. The lowest BCUT2D eigenvalue weighted by Crippen LogP contribution is -2.31. The average Bonchev–Trinajstić information content (AvgIpc) is 3.03. The van der Waals surface area contributed by atoms with Gasteiger partial charge in [0.2, 0.25) is 0 Å². The molecule has 9 nitrogen and oxygen atoms in total. The van der Waals surface area contributed by atoms with Crippen LogP contribution in [0.3, 0.4) is 0 Å². The van der Waals surface area contributed by atoms with Crippen molar-refractivity contribution < 1.29 is 14.3 Å². The van der Waals surface area contributed by atoms with E-state index in [9.17, 15) is 9.59 Å². The van der Waals surface area contributed by atoms with Gasteiger partial charge in [0.15, 0.2) is 10.4 Å². The van der Waals surface area contributed by atoms with Crippen molar-refractivity contribution in [3.63, 3.8) is 0 Å². The molecule has 0 aliphatic rings. The molecule has 0 aliphatic carbocycles. The first-order valence-electron chi connectivity index (χ1n) is 7.21. The zero-order valence-electron chi connectivity index (χ0n) is 14.3. The standard InChI is InChI=1S/C10H14N4O2S.C4H5NO2S/c1-10(2,16-3)4-14-7-6(11-5-12-7)8(15)13-9(14)17;1-2-7-4(6)5-3-8/h5H,4H2,1-3H3,(H,11,12)(H,13,15,17);2H2,1H3. The van der Waals surface area contributed by atoms with Crippen molar-refractivity contribution in [1.29, 1.82) is 0 Å². The Kier molecular flexibility index (Phi) is 7.78. The SMILES string of the molecule is CCOC(=O)N=C=S.COC(C)(C)Cn1c(=S)[nH]c(=O)c2[nH]cnc21. The Bertz CT molecular complexity index is 892. The van der Waals surface area contributed by atoms with Gasteiger partial charge < -0.3 is 14.5 Å². The third kappa shape index (κ3) is 5.98. The number of nitrogens with zero attached hydrogens (tertiary/aromatic N) is 3. The lowest BCUT2D eigenvalue weighted by Gasteiger charge is -2.24. The van der Waals surface area contributed by atoms with Crippen LogP contribution in [0.4, 0.5) is 4.79 Å². The third-order valence-electron chi connectivity index (χ3n) is 3.06. The molecule has 0 unspecified atom stereocenters. The summed E-state index contributed by atoms with van der Waals surface area (Å²) in [6.45, 7) is 6.41. The van der Waals surface area contributed by atoms with Gasteiger partial charge in [0.1, 0.15) is 5.52 Å². The Morgan fingerprint density at radius 2 is 2.20 bits per heavy atom. The summed E-state index contributed by atoms with van der Waals surface area (Å²) in [5.74, 6) is 0. The number of isothiocyanates is 1. The van der Waals surface area contributed by atoms with Crippen LogP contribution in [-0.4, -0.2) is 50.1 Å². The molecule has 0 spiro atoms. The summed E-state index contributed by atoms with van der Waals surface area (Å²) in [5, 5.41) is 1.89. The van der Waals surface area contributed by atoms with Crippen LogP contribution < -0.4 is 5.56 Å².